The van der Waals surface area contributed by atoms with Gasteiger partial charge in [0.05, 0.1) is 6.61 Å². The third kappa shape index (κ3) is 5.08. The van der Waals surface area contributed by atoms with Crippen LogP contribution in [0, 0.1) is 6.92 Å². The van der Waals surface area contributed by atoms with Crippen molar-refractivity contribution in [2.45, 2.75) is 40.0 Å². The Kier molecular flexibility index (Phi) is 5.81. The zero-order valence-corrected chi connectivity index (χ0v) is 13.0. The summed E-state index contributed by atoms with van der Waals surface area (Å²) in [4.78, 5) is 11.2. The predicted molar refractivity (Wildman–Crippen MR) is 81.1 cm³/mol. The second kappa shape index (κ2) is 7.13. The molecule has 0 bridgehead atoms. The van der Waals surface area contributed by atoms with Crippen molar-refractivity contribution in [3.63, 3.8) is 0 Å². The fraction of sp³-hybridized carbons (Fsp3) is 0.471. The fourth-order valence-electron chi connectivity index (χ4n) is 1.84. The highest BCUT2D eigenvalue weighted by atomic mass is 16.5. The molecule has 20 heavy (non-hydrogen) atoms. The van der Waals surface area contributed by atoms with Gasteiger partial charge >= 0.3 is 5.97 Å². The molecular formula is C17H24O3. The van der Waals surface area contributed by atoms with Crippen LogP contribution >= 0.6 is 0 Å². The van der Waals surface area contributed by atoms with Crippen molar-refractivity contribution >= 4 is 5.97 Å². The van der Waals surface area contributed by atoms with E-state index in [1.165, 1.54) is 6.08 Å². The molecule has 0 saturated heterocycles. The van der Waals surface area contributed by atoms with Crippen molar-refractivity contribution in [1.82, 2.24) is 0 Å². The lowest BCUT2D eigenvalue weighted by Crippen LogP contribution is -2.13. The van der Waals surface area contributed by atoms with Crippen LogP contribution in [-0.4, -0.2) is 19.2 Å². The summed E-state index contributed by atoms with van der Waals surface area (Å²) in [6.45, 7) is 11.0. The number of hydrogen-bond acceptors (Lipinski definition) is 3. The Morgan fingerprint density at radius 1 is 1.30 bits per heavy atom. The Labute approximate surface area is 121 Å². The molecule has 0 saturated carbocycles. The third-order valence-corrected chi connectivity index (χ3v) is 2.82. The van der Waals surface area contributed by atoms with Gasteiger partial charge in [-0.15, -0.1) is 0 Å². The molecule has 0 heterocycles. The largest absolute Gasteiger partial charge is 0.489 e. The molecule has 0 N–H and O–H groups in total. The van der Waals surface area contributed by atoms with Crippen LogP contribution in [0.15, 0.2) is 30.4 Å². The normalized spacial score (nSPS) is 11.7. The molecule has 0 fully saturated rings. The maximum atomic E-state index is 11.2. The average Bonchev–Trinajstić information content (AvgIpc) is 2.33. The molecule has 0 aliphatic carbocycles. The maximum Gasteiger partial charge on any atom is 0.330 e. The average molecular weight is 276 g/mol. The first kappa shape index (κ1) is 16.3. The third-order valence-electron chi connectivity index (χ3n) is 2.82. The van der Waals surface area contributed by atoms with Crippen LogP contribution in [0.5, 0.6) is 5.75 Å². The van der Waals surface area contributed by atoms with E-state index in [2.05, 4.69) is 32.9 Å². The molecule has 0 aliphatic heterocycles. The van der Waals surface area contributed by atoms with Gasteiger partial charge in [0.1, 0.15) is 12.4 Å². The Morgan fingerprint density at radius 2 is 2.00 bits per heavy atom. The van der Waals surface area contributed by atoms with Crippen LogP contribution in [-0.2, 0) is 14.9 Å². The first-order valence-corrected chi connectivity index (χ1v) is 6.92. The molecule has 1 rings (SSSR count). The summed E-state index contributed by atoms with van der Waals surface area (Å²) in [5, 5.41) is 0. The highest BCUT2D eigenvalue weighted by molar-refractivity contribution is 5.81. The monoisotopic (exact) mass is 276 g/mol. The van der Waals surface area contributed by atoms with E-state index >= 15 is 0 Å². The van der Waals surface area contributed by atoms with Gasteiger partial charge < -0.3 is 9.47 Å². The summed E-state index contributed by atoms with van der Waals surface area (Å²) in [7, 11) is 0. The summed E-state index contributed by atoms with van der Waals surface area (Å²) in [6.07, 6.45) is 3.07. The highest BCUT2D eigenvalue weighted by Crippen LogP contribution is 2.32. The number of benzene rings is 1. The van der Waals surface area contributed by atoms with Gasteiger partial charge in [0.2, 0.25) is 0 Å². The van der Waals surface area contributed by atoms with E-state index < -0.39 is 0 Å². The Hall–Kier alpha value is -1.77. The lowest BCUT2D eigenvalue weighted by Gasteiger charge is -2.23. The summed E-state index contributed by atoms with van der Waals surface area (Å²) >= 11 is 0. The van der Waals surface area contributed by atoms with Gasteiger partial charge in [-0.3, -0.25) is 0 Å². The quantitative estimate of drug-likeness (QED) is 0.606. The summed E-state index contributed by atoms with van der Waals surface area (Å²) in [5.41, 5.74) is 2.34. The van der Waals surface area contributed by atoms with E-state index in [1.54, 1.807) is 13.0 Å². The minimum atomic E-state index is -0.337. The molecule has 1 aromatic carbocycles. The van der Waals surface area contributed by atoms with Crippen molar-refractivity contribution in [2.75, 3.05) is 13.2 Å². The van der Waals surface area contributed by atoms with Gasteiger partial charge in [0.25, 0.3) is 0 Å². The Morgan fingerprint density at radius 3 is 2.60 bits per heavy atom. The fourth-order valence-corrected chi connectivity index (χ4v) is 1.84. The second-order valence-electron chi connectivity index (χ2n) is 5.72. The number of esters is 1. The zero-order valence-electron chi connectivity index (χ0n) is 13.0. The Bertz CT molecular complexity index is 481. The molecule has 3 nitrogen and oxygen atoms in total. The topological polar surface area (TPSA) is 35.5 Å². The number of rotatable bonds is 5. The van der Waals surface area contributed by atoms with Crippen LogP contribution in [0.4, 0.5) is 0 Å². The van der Waals surface area contributed by atoms with Crippen LogP contribution in [0.2, 0.25) is 0 Å². The standard InChI is InChI=1S/C17H24O3/c1-6-19-16(18)8-7-11-20-15-12-13(2)9-10-14(15)17(3,4)5/h7-10,12H,6,11H2,1-5H3/b8-7+. The lowest BCUT2D eigenvalue weighted by molar-refractivity contribution is -0.137. The van der Waals surface area contributed by atoms with Crippen LogP contribution < -0.4 is 4.74 Å². The van der Waals surface area contributed by atoms with Crippen molar-refractivity contribution in [1.29, 1.82) is 0 Å². The van der Waals surface area contributed by atoms with Gasteiger partial charge in [0, 0.05) is 6.08 Å². The van der Waals surface area contributed by atoms with Gasteiger partial charge in [-0.2, -0.15) is 0 Å². The Balaban J connectivity index is 2.72. The van der Waals surface area contributed by atoms with Crippen molar-refractivity contribution in [2.24, 2.45) is 0 Å². The molecule has 0 amide bonds. The SMILES string of the molecule is CCOC(=O)/C=C/COc1cc(C)ccc1C(C)(C)C. The minimum Gasteiger partial charge on any atom is -0.489 e. The minimum absolute atomic E-state index is 0.0217. The zero-order chi connectivity index (χ0) is 15.2. The number of carbonyl (C=O) groups is 1. The van der Waals surface area contributed by atoms with Gasteiger partial charge in [-0.25, -0.2) is 4.79 Å². The van der Waals surface area contributed by atoms with E-state index in [0.29, 0.717) is 13.2 Å². The van der Waals surface area contributed by atoms with Crippen molar-refractivity contribution in [3.05, 3.63) is 41.5 Å². The molecule has 110 valence electrons. The molecule has 0 spiro atoms. The molecule has 3 heteroatoms. The van der Waals surface area contributed by atoms with E-state index in [4.69, 9.17) is 9.47 Å². The number of hydrogen-bond donors (Lipinski definition) is 0. The molecule has 0 atom stereocenters. The van der Waals surface area contributed by atoms with E-state index in [1.807, 2.05) is 13.0 Å². The number of aryl methyl sites for hydroxylation is 1. The molecule has 0 aliphatic rings. The van der Waals surface area contributed by atoms with Crippen molar-refractivity contribution in [3.8, 4) is 5.75 Å². The van der Waals surface area contributed by atoms with E-state index in [0.717, 1.165) is 16.9 Å². The van der Waals surface area contributed by atoms with Gasteiger partial charge in [-0.05, 0) is 42.5 Å². The number of carbonyl (C=O) groups excluding carboxylic acids is 1. The molecule has 0 radical (unpaired) electrons. The summed E-state index contributed by atoms with van der Waals surface area (Å²) in [6, 6.07) is 6.21. The molecule has 0 aromatic heterocycles. The smallest absolute Gasteiger partial charge is 0.330 e. The lowest BCUT2D eigenvalue weighted by atomic mass is 9.86. The van der Waals surface area contributed by atoms with Crippen molar-refractivity contribution < 1.29 is 14.3 Å². The molecule has 1 aromatic rings. The summed E-state index contributed by atoms with van der Waals surface area (Å²) < 4.78 is 10.6. The van der Waals surface area contributed by atoms with Crippen LogP contribution in [0.1, 0.15) is 38.8 Å². The summed E-state index contributed by atoms with van der Waals surface area (Å²) in [5.74, 6) is 0.530. The number of ether oxygens (including phenoxy) is 2. The highest BCUT2D eigenvalue weighted by Gasteiger charge is 2.18. The van der Waals surface area contributed by atoms with Gasteiger partial charge in [0.15, 0.2) is 0 Å². The maximum absolute atomic E-state index is 11.2. The van der Waals surface area contributed by atoms with Crippen LogP contribution in [0.25, 0.3) is 0 Å². The molecular weight excluding hydrogens is 252 g/mol. The van der Waals surface area contributed by atoms with Gasteiger partial charge in [-0.1, -0.05) is 32.9 Å². The first-order valence-electron chi connectivity index (χ1n) is 6.92. The second-order valence-corrected chi connectivity index (χ2v) is 5.72. The predicted octanol–water partition coefficient (Wildman–Crippen LogP) is 3.79. The van der Waals surface area contributed by atoms with Crippen LogP contribution in [0.3, 0.4) is 0 Å². The first-order chi connectivity index (χ1) is 9.34. The van der Waals surface area contributed by atoms with E-state index in [9.17, 15) is 4.79 Å². The van der Waals surface area contributed by atoms with E-state index in [-0.39, 0.29) is 11.4 Å². The molecule has 0 unspecified atom stereocenters.